The van der Waals surface area contributed by atoms with Gasteiger partial charge in [-0.25, -0.2) is 0 Å². The molecule has 0 spiro atoms. The van der Waals surface area contributed by atoms with Crippen LogP contribution in [0.4, 0.5) is 17.2 Å². The summed E-state index contributed by atoms with van der Waals surface area (Å²) in [6.07, 6.45) is 0. The van der Waals surface area contributed by atoms with Crippen molar-refractivity contribution in [1.82, 2.24) is 9.78 Å². The number of hydrogen-bond donors (Lipinski definition) is 1. The minimum atomic E-state index is -0.667. The Labute approximate surface area is 134 Å². The van der Waals surface area contributed by atoms with E-state index in [1.54, 1.807) is 13.0 Å². The third kappa shape index (κ3) is 3.50. The number of nitro benzene ring substituents is 1. The minimum absolute atomic E-state index is 0.0691. The molecule has 0 radical (unpaired) electrons. The fourth-order valence-electron chi connectivity index (χ4n) is 1.97. The van der Waals surface area contributed by atoms with Gasteiger partial charge in [0, 0.05) is 12.1 Å². The van der Waals surface area contributed by atoms with Crippen molar-refractivity contribution in [3.05, 3.63) is 55.8 Å². The normalized spacial score (nSPS) is 10.0. The standard InChI is InChI=1S/C13H10N6O5/c1-8-4-13(19(23)24)17(16-8)7-12(20)15-11-3-2-10(18(21)22)5-9(11)6-14/h2-5H,7H2,1H3,(H,15,20). The van der Waals surface area contributed by atoms with Crippen LogP contribution in [0.2, 0.25) is 0 Å². The van der Waals surface area contributed by atoms with Gasteiger partial charge in [0.25, 0.3) is 11.6 Å². The first kappa shape index (κ1) is 16.6. The van der Waals surface area contributed by atoms with Crippen LogP contribution in [0.15, 0.2) is 24.3 Å². The Hall–Kier alpha value is -3.81. The molecular weight excluding hydrogens is 320 g/mol. The first-order valence-corrected chi connectivity index (χ1v) is 6.49. The van der Waals surface area contributed by atoms with Crippen molar-refractivity contribution in [2.45, 2.75) is 13.5 Å². The highest BCUT2D eigenvalue weighted by Crippen LogP contribution is 2.21. The Kier molecular flexibility index (Phi) is 4.50. The van der Waals surface area contributed by atoms with Crippen LogP contribution in [0, 0.1) is 38.5 Å². The van der Waals surface area contributed by atoms with Crippen LogP contribution in [-0.4, -0.2) is 25.5 Å². The quantitative estimate of drug-likeness (QED) is 0.642. The number of aryl methyl sites for hydroxylation is 1. The highest BCUT2D eigenvalue weighted by molar-refractivity contribution is 5.92. The predicted octanol–water partition coefficient (Wildman–Crippen LogP) is 1.52. The second-order valence-electron chi connectivity index (χ2n) is 4.71. The molecule has 11 nitrogen and oxygen atoms in total. The molecule has 0 aliphatic rings. The van der Waals surface area contributed by atoms with Crippen LogP contribution in [-0.2, 0) is 11.3 Å². The lowest BCUT2D eigenvalue weighted by Gasteiger charge is -2.06. The summed E-state index contributed by atoms with van der Waals surface area (Å²) in [4.78, 5) is 32.2. The van der Waals surface area contributed by atoms with Crippen molar-refractivity contribution in [3.63, 3.8) is 0 Å². The first-order valence-electron chi connectivity index (χ1n) is 6.49. The zero-order valence-electron chi connectivity index (χ0n) is 12.3. The van der Waals surface area contributed by atoms with Crippen LogP contribution < -0.4 is 5.32 Å². The molecule has 0 fully saturated rings. The van der Waals surface area contributed by atoms with Crippen LogP contribution >= 0.6 is 0 Å². The summed E-state index contributed by atoms with van der Waals surface area (Å²) < 4.78 is 0.919. The first-order chi connectivity index (χ1) is 11.3. The molecule has 2 rings (SSSR count). The molecule has 1 N–H and O–H groups in total. The SMILES string of the molecule is Cc1cc([N+](=O)[O-])n(CC(=O)Nc2ccc([N+](=O)[O-])cc2C#N)n1. The zero-order chi connectivity index (χ0) is 17.9. The Morgan fingerprint density at radius 1 is 1.33 bits per heavy atom. The highest BCUT2D eigenvalue weighted by atomic mass is 16.6. The number of benzene rings is 1. The van der Waals surface area contributed by atoms with E-state index in [9.17, 15) is 25.0 Å². The summed E-state index contributed by atoms with van der Waals surface area (Å²) >= 11 is 0. The third-order valence-corrected chi connectivity index (χ3v) is 2.97. The van der Waals surface area contributed by atoms with Crippen molar-refractivity contribution in [2.75, 3.05) is 5.32 Å². The number of amides is 1. The Morgan fingerprint density at radius 3 is 2.62 bits per heavy atom. The molecule has 0 saturated heterocycles. The number of nitrogens with zero attached hydrogens (tertiary/aromatic N) is 5. The van der Waals surface area contributed by atoms with Gasteiger partial charge in [0.1, 0.15) is 6.07 Å². The number of rotatable bonds is 5. The topological polar surface area (TPSA) is 157 Å². The molecule has 1 amide bonds. The molecule has 0 aliphatic heterocycles. The maximum absolute atomic E-state index is 12.0. The molecule has 122 valence electrons. The molecule has 0 aliphatic carbocycles. The summed E-state index contributed by atoms with van der Waals surface area (Å²) in [6, 6.07) is 6.35. The van der Waals surface area contributed by atoms with E-state index in [-0.39, 0.29) is 22.8 Å². The fourth-order valence-corrected chi connectivity index (χ4v) is 1.97. The molecule has 1 aromatic heterocycles. The van der Waals surface area contributed by atoms with Gasteiger partial charge < -0.3 is 15.4 Å². The summed E-state index contributed by atoms with van der Waals surface area (Å²) in [5.41, 5.74) is 0.0637. The van der Waals surface area contributed by atoms with Crippen molar-refractivity contribution >= 4 is 23.1 Å². The molecule has 0 bridgehead atoms. The molecule has 0 saturated carbocycles. The lowest BCUT2D eigenvalue weighted by Crippen LogP contribution is -2.21. The number of nitriles is 1. The van der Waals surface area contributed by atoms with Crippen LogP contribution in [0.1, 0.15) is 11.3 Å². The number of anilines is 1. The maximum Gasteiger partial charge on any atom is 0.345 e. The van der Waals surface area contributed by atoms with Crippen molar-refractivity contribution in [3.8, 4) is 6.07 Å². The number of aromatic nitrogens is 2. The van der Waals surface area contributed by atoms with Crippen LogP contribution in [0.3, 0.4) is 0 Å². The highest BCUT2D eigenvalue weighted by Gasteiger charge is 2.20. The largest absolute Gasteiger partial charge is 0.358 e. The number of carbonyl (C=O) groups is 1. The number of nitrogens with one attached hydrogen (secondary N) is 1. The molecule has 1 heterocycles. The lowest BCUT2D eigenvalue weighted by molar-refractivity contribution is -0.392. The van der Waals surface area contributed by atoms with Gasteiger partial charge in [-0.05, 0) is 17.9 Å². The van der Waals surface area contributed by atoms with E-state index in [2.05, 4.69) is 10.4 Å². The number of nitro groups is 2. The average molecular weight is 330 g/mol. The fraction of sp³-hybridized carbons (Fsp3) is 0.154. The van der Waals surface area contributed by atoms with Crippen molar-refractivity contribution in [2.24, 2.45) is 0 Å². The molecule has 1 aromatic carbocycles. The van der Waals surface area contributed by atoms with E-state index < -0.39 is 22.3 Å². The summed E-state index contributed by atoms with van der Waals surface area (Å²) in [5.74, 6) is -1.00. The van der Waals surface area contributed by atoms with Gasteiger partial charge in [0.2, 0.25) is 0 Å². The molecule has 24 heavy (non-hydrogen) atoms. The maximum atomic E-state index is 12.0. The third-order valence-electron chi connectivity index (χ3n) is 2.97. The Balaban J connectivity index is 2.20. The van der Waals surface area contributed by atoms with Gasteiger partial charge in [-0.1, -0.05) is 5.10 Å². The van der Waals surface area contributed by atoms with E-state index in [0.717, 1.165) is 16.8 Å². The molecule has 0 unspecified atom stereocenters. The van der Waals surface area contributed by atoms with Gasteiger partial charge in [-0.3, -0.25) is 14.9 Å². The van der Waals surface area contributed by atoms with Gasteiger partial charge in [-0.15, -0.1) is 4.68 Å². The van der Waals surface area contributed by atoms with Crippen LogP contribution in [0.25, 0.3) is 0 Å². The van der Waals surface area contributed by atoms with Gasteiger partial charge in [0.15, 0.2) is 6.54 Å². The van der Waals surface area contributed by atoms with Gasteiger partial charge in [0.05, 0.1) is 27.9 Å². The van der Waals surface area contributed by atoms with Crippen molar-refractivity contribution < 1.29 is 14.6 Å². The van der Waals surface area contributed by atoms with Crippen LogP contribution in [0.5, 0.6) is 0 Å². The summed E-state index contributed by atoms with van der Waals surface area (Å²) in [5, 5.41) is 36.8. The van der Waals surface area contributed by atoms with E-state index in [1.807, 2.05) is 0 Å². The van der Waals surface area contributed by atoms with E-state index in [1.165, 1.54) is 12.1 Å². The Bertz CT molecular complexity index is 881. The lowest BCUT2D eigenvalue weighted by atomic mass is 10.1. The smallest absolute Gasteiger partial charge is 0.345 e. The van der Waals surface area contributed by atoms with E-state index >= 15 is 0 Å². The van der Waals surface area contributed by atoms with Gasteiger partial charge in [-0.2, -0.15) is 5.26 Å². The predicted molar refractivity (Wildman–Crippen MR) is 80.1 cm³/mol. The molecule has 2 aromatic rings. The van der Waals surface area contributed by atoms with E-state index in [4.69, 9.17) is 5.26 Å². The summed E-state index contributed by atoms with van der Waals surface area (Å²) in [7, 11) is 0. The monoisotopic (exact) mass is 330 g/mol. The zero-order valence-corrected chi connectivity index (χ0v) is 12.3. The molecule has 11 heteroatoms. The molecule has 0 atom stereocenters. The number of hydrogen-bond acceptors (Lipinski definition) is 7. The average Bonchev–Trinajstić information content (AvgIpc) is 2.88. The number of non-ortho nitro benzene ring substituents is 1. The van der Waals surface area contributed by atoms with Gasteiger partial charge >= 0.3 is 5.82 Å². The Morgan fingerprint density at radius 2 is 2.04 bits per heavy atom. The number of carbonyl (C=O) groups excluding carboxylic acids is 1. The minimum Gasteiger partial charge on any atom is -0.358 e. The summed E-state index contributed by atoms with van der Waals surface area (Å²) in [6.45, 7) is 1.11. The molecular formula is C13H10N6O5. The second-order valence-corrected chi connectivity index (χ2v) is 4.71. The van der Waals surface area contributed by atoms with Crippen molar-refractivity contribution in [1.29, 1.82) is 5.26 Å². The second kappa shape index (κ2) is 6.53. The van der Waals surface area contributed by atoms with E-state index in [0.29, 0.717) is 5.69 Å².